The van der Waals surface area contributed by atoms with Crippen molar-refractivity contribution in [3.8, 4) is 5.75 Å². The second kappa shape index (κ2) is 7.36. The molecule has 0 aliphatic carbocycles. The summed E-state index contributed by atoms with van der Waals surface area (Å²) in [7, 11) is 1.31. The minimum absolute atomic E-state index is 0.208. The molecule has 0 saturated carbocycles. The number of benzene rings is 2. The maximum Gasteiger partial charge on any atom is 0.345 e. The average molecular weight is 340 g/mol. The van der Waals surface area contributed by atoms with Gasteiger partial charge in [0, 0.05) is 11.4 Å². The minimum atomic E-state index is -0.534. The zero-order chi connectivity index (χ0) is 17.8. The highest BCUT2D eigenvalue weighted by atomic mass is 16.5. The van der Waals surface area contributed by atoms with Gasteiger partial charge in [-0.3, -0.25) is 0 Å². The van der Waals surface area contributed by atoms with Crippen LogP contribution < -0.4 is 10.5 Å². The number of fused-ring (bicyclic) bond motifs is 1. The van der Waals surface area contributed by atoms with Gasteiger partial charge in [0.2, 0.25) is 0 Å². The number of ether oxygens (including phenoxy) is 2. The predicted molar refractivity (Wildman–Crippen MR) is 93.7 cm³/mol. The number of aromatic nitrogens is 1. The van der Waals surface area contributed by atoms with E-state index in [0.29, 0.717) is 23.4 Å². The molecule has 6 heteroatoms. The second-order valence-corrected chi connectivity index (χ2v) is 5.84. The Morgan fingerprint density at radius 3 is 2.72 bits per heavy atom. The summed E-state index contributed by atoms with van der Waals surface area (Å²) in [6.07, 6.45) is 0.679. The normalized spacial score (nSPS) is 12.1. The average Bonchev–Trinajstić information content (AvgIpc) is 3.01. The van der Waals surface area contributed by atoms with Crippen LogP contribution in [-0.2, 0) is 11.2 Å². The Morgan fingerprint density at radius 2 is 2.00 bits per heavy atom. The van der Waals surface area contributed by atoms with E-state index in [1.165, 1.54) is 7.11 Å². The van der Waals surface area contributed by atoms with Crippen LogP contribution in [0.15, 0.2) is 47.0 Å². The molecule has 0 saturated heterocycles. The fourth-order valence-electron chi connectivity index (χ4n) is 2.70. The van der Waals surface area contributed by atoms with E-state index in [1.54, 1.807) is 6.07 Å². The first-order chi connectivity index (χ1) is 12.1. The highest BCUT2D eigenvalue weighted by molar-refractivity contribution is 6.05. The first-order valence-corrected chi connectivity index (χ1v) is 7.99. The van der Waals surface area contributed by atoms with Crippen molar-refractivity contribution in [1.29, 1.82) is 0 Å². The molecule has 0 aliphatic heterocycles. The number of carbonyl (C=O) groups is 1. The van der Waals surface area contributed by atoms with Crippen molar-refractivity contribution in [2.24, 2.45) is 5.73 Å². The molecule has 3 rings (SSSR count). The lowest BCUT2D eigenvalue weighted by atomic mass is 10.1. The Bertz CT molecular complexity index is 874. The SMILES string of the molecule is COC(=O)c1c(OC[C@H](N)Cc2ccccc2)ccc2c(C)noc12. The van der Waals surface area contributed by atoms with Crippen molar-refractivity contribution in [3.63, 3.8) is 0 Å². The fraction of sp³-hybridized carbons (Fsp3) is 0.263. The third kappa shape index (κ3) is 3.64. The third-order valence-electron chi connectivity index (χ3n) is 3.97. The zero-order valence-corrected chi connectivity index (χ0v) is 14.2. The molecule has 1 heterocycles. The molecule has 0 fully saturated rings. The first-order valence-electron chi connectivity index (χ1n) is 7.99. The van der Waals surface area contributed by atoms with Crippen molar-refractivity contribution in [3.05, 3.63) is 59.3 Å². The van der Waals surface area contributed by atoms with Crippen molar-refractivity contribution >= 4 is 16.9 Å². The summed E-state index contributed by atoms with van der Waals surface area (Å²) in [5, 5.41) is 4.65. The molecule has 1 atom stereocenters. The van der Waals surface area contributed by atoms with E-state index in [1.807, 2.05) is 43.3 Å². The quantitative estimate of drug-likeness (QED) is 0.694. The molecule has 2 aromatic carbocycles. The summed E-state index contributed by atoms with van der Waals surface area (Å²) in [4.78, 5) is 12.2. The number of nitrogens with zero attached hydrogens (tertiary/aromatic N) is 1. The van der Waals surface area contributed by atoms with Crippen LogP contribution >= 0.6 is 0 Å². The lowest BCUT2D eigenvalue weighted by molar-refractivity contribution is 0.0596. The van der Waals surface area contributed by atoms with Crippen LogP contribution in [0, 0.1) is 6.92 Å². The number of rotatable bonds is 6. The molecule has 0 unspecified atom stereocenters. The summed E-state index contributed by atoms with van der Waals surface area (Å²) in [6.45, 7) is 2.07. The number of hydrogen-bond acceptors (Lipinski definition) is 6. The molecular weight excluding hydrogens is 320 g/mol. The molecule has 0 aliphatic rings. The number of esters is 1. The van der Waals surface area contributed by atoms with Crippen LogP contribution in [0.1, 0.15) is 21.6 Å². The maximum absolute atomic E-state index is 12.2. The zero-order valence-electron chi connectivity index (χ0n) is 14.2. The van der Waals surface area contributed by atoms with Crippen molar-refractivity contribution in [1.82, 2.24) is 5.16 Å². The van der Waals surface area contributed by atoms with E-state index in [9.17, 15) is 4.79 Å². The Hall–Kier alpha value is -2.86. The lowest BCUT2D eigenvalue weighted by Gasteiger charge is -2.15. The van der Waals surface area contributed by atoms with Gasteiger partial charge in [0.25, 0.3) is 0 Å². The topological polar surface area (TPSA) is 87.6 Å². The highest BCUT2D eigenvalue weighted by Crippen LogP contribution is 2.30. The molecule has 0 bridgehead atoms. The van der Waals surface area contributed by atoms with Crippen LogP contribution in [0.4, 0.5) is 0 Å². The van der Waals surface area contributed by atoms with E-state index in [-0.39, 0.29) is 18.2 Å². The van der Waals surface area contributed by atoms with Gasteiger partial charge < -0.3 is 19.7 Å². The summed E-state index contributed by atoms with van der Waals surface area (Å²) >= 11 is 0. The van der Waals surface area contributed by atoms with Crippen LogP contribution in [0.2, 0.25) is 0 Å². The largest absolute Gasteiger partial charge is 0.491 e. The van der Waals surface area contributed by atoms with Crippen LogP contribution in [0.3, 0.4) is 0 Å². The number of nitrogens with two attached hydrogens (primary N) is 1. The monoisotopic (exact) mass is 340 g/mol. The molecule has 3 aromatic rings. The molecule has 1 aromatic heterocycles. The Morgan fingerprint density at radius 1 is 1.24 bits per heavy atom. The van der Waals surface area contributed by atoms with E-state index >= 15 is 0 Å². The lowest BCUT2D eigenvalue weighted by Crippen LogP contribution is -2.30. The predicted octanol–water partition coefficient (Wildman–Crippen LogP) is 2.87. The second-order valence-electron chi connectivity index (χ2n) is 5.84. The number of methoxy groups -OCH3 is 1. The van der Waals surface area contributed by atoms with Gasteiger partial charge in [-0.15, -0.1) is 0 Å². The fourth-order valence-corrected chi connectivity index (χ4v) is 2.70. The Kier molecular flexibility index (Phi) is 5.00. The molecule has 0 spiro atoms. The van der Waals surface area contributed by atoms with E-state index < -0.39 is 5.97 Å². The van der Waals surface area contributed by atoms with Crippen molar-refractivity contribution < 1.29 is 18.8 Å². The van der Waals surface area contributed by atoms with Crippen LogP contribution in [0.5, 0.6) is 5.75 Å². The Balaban J connectivity index is 1.80. The number of hydrogen-bond donors (Lipinski definition) is 1. The Labute approximate surface area is 145 Å². The standard InChI is InChI=1S/C19H20N2O4/c1-12-15-8-9-16(17(19(22)23-2)18(15)25-21-12)24-11-14(20)10-13-6-4-3-5-7-13/h3-9,14H,10-11,20H2,1-2H3/t14-/m1/s1. The smallest absolute Gasteiger partial charge is 0.345 e. The maximum atomic E-state index is 12.2. The van der Waals surface area contributed by atoms with Crippen LogP contribution in [0.25, 0.3) is 11.0 Å². The minimum Gasteiger partial charge on any atom is -0.491 e. The molecule has 25 heavy (non-hydrogen) atoms. The van der Waals surface area contributed by atoms with Gasteiger partial charge in [0.15, 0.2) is 5.58 Å². The van der Waals surface area contributed by atoms with Gasteiger partial charge >= 0.3 is 5.97 Å². The summed E-state index contributed by atoms with van der Waals surface area (Å²) in [5.41, 5.74) is 8.57. The molecule has 6 nitrogen and oxygen atoms in total. The van der Waals surface area contributed by atoms with E-state index in [4.69, 9.17) is 19.7 Å². The van der Waals surface area contributed by atoms with Gasteiger partial charge in [0.05, 0.1) is 12.8 Å². The van der Waals surface area contributed by atoms with Gasteiger partial charge in [-0.05, 0) is 31.0 Å². The van der Waals surface area contributed by atoms with E-state index in [0.717, 1.165) is 10.9 Å². The highest BCUT2D eigenvalue weighted by Gasteiger charge is 2.22. The number of carbonyl (C=O) groups excluding carboxylic acids is 1. The van der Waals surface area contributed by atoms with Gasteiger partial charge in [0.1, 0.15) is 17.9 Å². The van der Waals surface area contributed by atoms with Gasteiger partial charge in [-0.25, -0.2) is 4.79 Å². The molecular formula is C19H20N2O4. The molecule has 130 valence electrons. The van der Waals surface area contributed by atoms with Gasteiger partial charge in [-0.1, -0.05) is 35.5 Å². The summed E-state index contributed by atoms with van der Waals surface area (Å²) in [5.74, 6) is -0.160. The van der Waals surface area contributed by atoms with E-state index in [2.05, 4.69) is 5.16 Å². The molecule has 0 radical (unpaired) electrons. The molecule has 0 amide bonds. The number of aryl methyl sites for hydroxylation is 1. The van der Waals surface area contributed by atoms with Crippen molar-refractivity contribution in [2.75, 3.05) is 13.7 Å². The van der Waals surface area contributed by atoms with Crippen molar-refractivity contribution in [2.45, 2.75) is 19.4 Å². The summed E-state index contributed by atoms with van der Waals surface area (Å²) in [6, 6.07) is 13.3. The third-order valence-corrected chi connectivity index (χ3v) is 3.97. The van der Waals surface area contributed by atoms with Gasteiger partial charge in [-0.2, -0.15) is 0 Å². The first kappa shape index (κ1) is 17.0. The summed E-state index contributed by atoms with van der Waals surface area (Å²) < 4.78 is 15.9. The molecule has 2 N–H and O–H groups in total. The van der Waals surface area contributed by atoms with Crippen LogP contribution in [-0.4, -0.2) is 30.9 Å².